The van der Waals surface area contributed by atoms with Crippen LogP contribution in [0.2, 0.25) is 36.3 Å². The summed E-state index contributed by atoms with van der Waals surface area (Å²) in [5.74, 6) is 6.40. The highest BCUT2D eigenvalue weighted by molar-refractivity contribution is 6.88. The van der Waals surface area contributed by atoms with Crippen molar-refractivity contribution in [3.8, 4) is 22.9 Å². The van der Waals surface area contributed by atoms with Gasteiger partial charge in [-0.1, -0.05) is 79.6 Å². The zero-order chi connectivity index (χ0) is 16.2. The second-order valence-corrected chi connectivity index (χ2v) is 18.6. The summed E-state index contributed by atoms with van der Waals surface area (Å²) >= 11 is 0. The number of hydrogen-bond donors (Lipinski definition) is 0. The molecule has 0 aromatic carbocycles. The molecule has 0 atom stereocenters. The molecular formula is C18H32Si2. The van der Waals surface area contributed by atoms with E-state index in [0.29, 0.717) is 10.1 Å². The van der Waals surface area contributed by atoms with Crippen LogP contribution in [0.4, 0.5) is 0 Å². The van der Waals surface area contributed by atoms with Crippen LogP contribution < -0.4 is 0 Å². The van der Waals surface area contributed by atoms with Crippen LogP contribution >= 0.6 is 0 Å². The molecule has 0 fully saturated rings. The smallest absolute Gasteiger partial charge is 0.126 e. The van der Waals surface area contributed by atoms with E-state index < -0.39 is 16.1 Å². The third-order valence-corrected chi connectivity index (χ3v) is 13.8. The van der Waals surface area contributed by atoms with Crippen molar-refractivity contribution in [2.75, 3.05) is 0 Å². The number of allylic oxidation sites excluding steroid dienone is 2. The Balaban J connectivity index is 4.85. The van der Waals surface area contributed by atoms with Gasteiger partial charge in [0.05, 0.1) is 0 Å². The molecule has 0 nitrogen and oxygen atoms in total. The Labute approximate surface area is 129 Å². The van der Waals surface area contributed by atoms with Gasteiger partial charge in [-0.3, -0.25) is 0 Å². The Morgan fingerprint density at radius 2 is 0.850 bits per heavy atom. The molecule has 20 heavy (non-hydrogen) atoms. The van der Waals surface area contributed by atoms with E-state index in [4.69, 9.17) is 0 Å². The highest BCUT2D eigenvalue weighted by Gasteiger charge is 2.34. The Kier molecular flexibility index (Phi) is 6.15. The third-order valence-electron chi connectivity index (χ3n) is 4.77. The highest BCUT2D eigenvalue weighted by Crippen LogP contribution is 2.35. The first-order valence-electron chi connectivity index (χ1n) is 7.41. The van der Waals surface area contributed by atoms with Crippen molar-refractivity contribution in [3.63, 3.8) is 0 Å². The lowest BCUT2D eigenvalue weighted by atomic mass is 10.2. The molecule has 2 heteroatoms. The van der Waals surface area contributed by atoms with Crippen molar-refractivity contribution >= 4 is 16.1 Å². The van der Waals surface area contributed by atoms with Crippen molar-refractivity contribution in [2.45, 2.75) is 77.8 Å². The third kappa shape index (κ3) is 5.74. The summed E-state index contributed by atoms with van der Waals surface area (Å²) in [4.78, 5) is 0. The van der Waals surface area contributed by atoms with Crippen LogP contribution in [0.5, 0.6) is 0 Å². The maximum absolute atomic E-state index is 3.47. The Morgan fingerprint density at radius 3 is 1.05 bits per heavy atom. The Bertz CT molecular complexity index is 426. The fourth-order valence-corrected chi connectivity index (χ4v) is 2.54. The molecule has 112 valence electrons. The first-order valence-corrected chi connectivity index (χ1v) is 13.4. The van der Waals surface area contributed by atoms with Gasteiger partial charge in [0.15, 0.2) is 0 Å². The maximum atomic E-state index is 3.47. The van der Waals surface area contributed by atoms with Gasteiger partial charge >= 0.3 is 0 Å². The molecule has 0 radical (unpaired) electrons. The van der Waals surface area contributed by atoms with Crippen LogP contribution in [0, 0.1) is 22.9 Å². The average Bonchev–Trinajstić information content (AvgIpc) is 2.19. The van der Waals surface area contributed by atoms with Crippen LogP contribution in [0.25, 0.3) is 0 Å². The molecule has 0 saturated carbocycles. The molecular weight excluding hydrogens is 272 g/mol. The topological polar surface area (TPSA) is 0 Å². The van der Waals surface area contributed by atoms with Gasteiger partial charge in [-0.05, 0) is 22.2 Å². The summed E-state index contributed by atoms with van der Waals surface area (Å²) < 4.78 is 0. The van der Waals surface area contributed by atoms with Gasteiger partial charge in [0.1, 0.15) is 16.1 Å². The van der Waals surface area contributed by atoms with Crippen LogP contribution in [-0.4, -0.2) is 16.1 Å². The molecule has 0 aliphatic rings. The predicted molar refractivity (Wildman–Crippen MR) is 99.1 cm³/mol. The van der Waals surface area contributed by atoms with Crippen LogP contribution in [0.1, 0.15) is 41.5 Å². The molecule has 0 aromatic heterocycles. The zero-order valence-corrected chi connectivity index (χ0v) is 17.2. The van der Waals surface area contributed by atoms with Crippen molar-refractivity contribution in [1.29, 1.82) is 0 Å². The highest BCUT2D eigenvalue weighted by atomic mass is 28.3. The van der Waals surface area contributed by atoms with E-state index >= 15 is 0 Å². The zero-order valence-electron chi connectivity index (χ0n) is 15.2. The summed E-state index contributed by atoms with van der Waals surface area (Å²) in [6.07, 6.45) is 3.83. The first-order chi connectivity index (χ1) is 8.71. The van der Waals surface area contributed by atoms with E-state index in [-0.39, 0.29) is 0 Å². The maximum Gasteiger partial charge on any atom is 0.138 e. The second kappa shape index (κ2) is 6.38. The largest absolute Gasteiger partial charge is 0.138 e. The molecule has 0 amide bonds. The fraction of sp³-hybridized carbons (Fsp3) is 0.667. The van der Waals surface area contributed by atoms with Crippen molar-refractivity contribution in [2.24, 2.45) is 0 Å². The Hall–Kier alpha value is -0.706. The quantitative estimate of drug-likeness (QED) is 0.401. The summed E-state index contributed by atoms with van der Waals surface area (Å²) in [5.41, 5.74) is 6.94. The SMILES string of the molecule is CC(C)(C)[Si](C)(C)C#C/C=C/C#C[Si](C)(C)C(C)(C)C. The van der Waals surface area contributed by atoms with Crippen molar-refractivity contribution in [1.82, 2.24) is 0 Å². The standard InChI is InChI=1S/C18H32Si2/c1-17(2,3)19(7,8)15-13-11-12-14-16-20(9,10)18(4,5)6/h11-12H,1-10H3/b12-11+. The number of hydrogen-bond acceptors (Lipinski definition) is 0. The first kappa shape index (κ1) is 19.3. The van der Waals surface area contributed by atoms with Gasteiger partial charge in [0.2, 0.25) is 0 Å². The van der Waals surface area contributed by atoms with E-state index in [1.807, 2.05) is 12.2 Å². The van der Waals surface area contributed by atoms with E-state index in [2.05, 4.69) is 90.7 Å². The lowest BCUT2D eigenvalue weighted by Gasteiger charge is -2.31. The molecule has 0 rings (SSSR count). The summed E-state index contributed by atoms with van der Waals surface area (Å²) in [6.45, 7) is 23.0. The minimum absolute atomic E-state index is 0.320. The van der Waals surface area contributed by atoms with Crippen molar-refractivity contribution < 1.29 is 0 Å². The van der Waals surface area contributed by atoms with Gasteiger partial charge in [-0.2, -0.15) is 0 Å². The second-order valence-electron chi connectivity index (χ2n) is 8.62. The van der Waals surface area contributed by atoms with Gasteiger partial charge in [-0.15, -0.1) is 11.1 Å². The average molecular weight is 305 g/mol. The normalized spacial score (nSPS) is 13.5. The molecule has 0 bridgehead atoms. The molecule has 0 spiro atoms. The van der Waals surface area contributed by atoms with E-state index in [1.54, 1.807) is 0 Å². The minimum Gasteiger partial charge on any atom is -0.126 e. The van der Waals surface area contributed by atoms with E-state index in [9.17, 15) is 0 Å². The lowest BCUT2D eigenvalue weighted by molar-refractivity contribution is 0.730. The van der Waals surface area contributed by atoms with Gasteiger partial charge in [-0.25, -0.2) is 0 Å². The monoisotopic (exact) mass is 304 g/mol. The molecule has 0 aliphatic carbocycles. The molecule has 0 aliphatic heterocycles. The molecule has 0 N–H and O–H groups in total. The van der Waals surface area contributed by atoms with Crippen LogP contribution in [0.3, 0.4) is 0 Å². The van der Waals surface area contributed by atoms with Gasteiger partial charge in [0.25, 0.3) is 0 Å². The van der Waals surface area contributed by atoms with Gasteiger partial charge < -0.3 is 0 Å². The summed E-state index contributed by atoms with van der Waals surface area (Å²) in [6, 6.07) is 0. The number of rotatable bonds is 0. The Morgan fingerprint density at radius 1 is 0.600 bits per heavy atom. The molecule has 0 saturated heterocycles. The molecule has 0 heterocycles. The minimum atomic E-state index is -1.48. The summed E-state index contributed by atoms with van der Waals surface area (Å²) in [7, 11) is -2.97. The van der Waals surface area contributed by atoms with E-state index in [1.165, 1.54) is 0 Å². The van der Waals surface area contributed by atoms with Gasteiger partial charge in [0, 0.05) is 0 Å². The molecule has 0 aromatic rings. The fourth-order valence-electron chi connectivity index (χ4n) is 0.903. The van der Waals surface area contributed by atoms with Crippen molar-refractivity contribution in [3.05, 3.63) is 12.2 Å². The predicted octanol–water partition coefficient (Wildman–Crippen LogP) is 5.64. The molecule has 0 unspecified atom stereocenters. The lowest BCUT2D eigenvalue weighted by Crippen LogP contribution is -2.35. The van der Waals surface area contributed by atoms with Crippen LogP contribution in [0.15, 0.2) is 12.2 Å². The van der Waals surface area contributed by atoms with E-state index in [0.717, 1.165) is 0 Å². The van der Waals surface area contributed by atoms with Crippen LogP contribution in [-0.2, 0) is 0 Å². The summed E-state index contributed by atoms with van der Waals surface area (Å²) in [5, 5.41) is 0.640.